The quantitative estimate of drug-likeness (QED) is 0.168. The van der Waals surface area contributed by atoms with Crippen LogP contribution in [0.15, 0.2) is 36.4 Å². The Kier molecular flexibility index (Phi) is 36.2. The van der Waals surface area contributed by atoms with Gasteiger partial charge in [0.25, 0.3) is 10.3 Å². The summed E-state index contributed by atoms with van der Waals surface area (Å²) in [6.45, 7) is 2.92. The fourth-order valence-electron chi connectivity index (χ4n) is 2.00. The van der Waals surface area contributed by atoms with E-state index >= 15 is 0 Å². The molecule has 0 amide bonds. The molecule has 0 fully saturated rings. The standard InChI is InChI=1S/C14H16N4S2.3C2H4O2.ClH.2O.U/c15-13(16)19-7-9-5-6-10(8-20-14(17)18)12-4-2-1-3-11(9)12;3*1-2(3)4;;;;/h1-6H,7-8H2,(H3,15,16)(H3,17,18);3*1H3,(H,3,4);1H;;;/q;;;;;2*-2;/p-2. The van der Waals surface area contributed by atoms with Gasteiger partial charge in [-0.15, -0.1) is 0 Å². The Morgan fingerprint density at radius 2 is 0.944 bits per heavy atom. The minimum absolute atomic E-state index is 0. The van der Waals surface area contributed by atoms with Crippen LogP contribution in [0.5, 0.6) is 0 Å². The number of hydrogen-bond acceptors (Lipinski definition) is 8. The average Bonchev–Trinajstić information content (AvgIpc) is 2.63. The summed E-state index contributed by atoms with van der Waals surface area (Å²) in [6, 6.07) is 12.5. The molecule has 0 aliphatic heterocycles. The largest absolute Gasteiger partial charge is 2.00 e. The summed E-state index contributed by atoms with van der Waals surface area (Å²) in [7, 11) is 0. The fourth-order valence-corrected chi connectivity index (χ4v) is 3.15. The summed E-state index contributed by atoms with van der Waals surface area (Å²) in [4.78, 5) is 26.7. The Morgan fingerprint density at radius 3 is 1.14 bits per heavy atom. The van der Waals surface area contributed by atoms with Crippen molar-refractivity contribution >= 4 is 62.5 Å². The van der Waals surface area contributed by atoms with Crippen LogP contribution in [0.4, 0.5) is 0 Å². The maximum atomic E-state index is 8.89. The zero-order chi connectivity index (χ0) is 25.3. The number of rotatable bonds is 4. The molecule has 0 spiro atoms. The molecule has 0 saturated carbocycles. The smallest absolute Gasteiger partial charge is 0.300 e. The van der Waals surface area contributed by atoms with E-state index in [2.05, 4.69) is 24.3 Å². The van der Waals surface area contributed by atoms with Gasteiger partial charge in [-0.3, -0.25) is 22.3 Å². The number of carbonyl (C=O) groups excluding carboxylic acids is 3. The number of halogens is 1. The van der Waals surface area contributed by atoms with Gasteiger partial charge in [0.2, 0.25) is 0 Å². The van der Waals surface area contributed by atoms with Gasteiger partial charge in [0, 0.05) is 60.5 Å². The molecule has 0 aliphatic carbocycles. The van der Waals surface area contributed by atoms with Crippen LogP contribution in [0.3, 0.4) is 0 Å². The van der Waals surface area contributed by atoms with Crippen LogP contribution < -0.4 is 50.0 Å². The molecular formula is C20H27ClN4O8S2U-6. The van der Waals surface area contributed by atoms with Gasteiger partial charge in [0.15, 0.2) is 0 Å². The van der Waals surface area contributed by atoms with Gasteiger partial charge >= 0.3 is 0 Å². The Morgan fingerprint density at radius 1 is 0.722 bits per heavy atom. The molecule has 0 bridgehead atoms. The van der Waals surface area contributed by atoms with Crippen LogP contribution in [0.2, 0.25) is 0 Å². The number of carbonyl (C=O) groups is 3. The Bertz CT molecular complexity index is 858. The third-order valence-electron chi connectivity index (χ3n) is 2.89. The number of fused-ring (bicyclic) bond motifs is 1. The van der Waals surface area contributed by atoms with Gasteiger partial charge < -0.3 is 53.1 Å². The molecule has 12 nitrogen and oxygen atoms in total. The average molecular weight is 789 g/mol. The first-order chi connectivity index (χ1) is 14.8. The van der Waals surface area contributed by atoms with Crippen LogP contribution in [-0.4, -0.2) is 28.2 Å². The van der Waals surface area contributed by atoms with Gasteiger partial charge in [-0.25, -0.2) is 0 Å². The molecule has 2 aromatic rings. The van der Waals surface area contributed by atoms with Crippen molar-refractivity contribution in [2.45, 2.75) is 32.3 Å². The van der Waals surface area contributed by atoms with E-state index in [-0.39, 0.29) is 54.5 Å². The second-order valence-corrected chi connectivity index (χ2v) is 7.88. The van der Waals surface area contributed by atoms with Gasteiger partial charge in [-0.1, -0.05) is 36.4 Å². The number of thioether (sulfide) groups is 2. The molecule has 2 rings (SSSR count). The first kappa shape index (κ1) is 47.2. The third kappa shape index (κ3) is 30.0. The van der Waals surface area contributed by atoms with Crippen molar-refractivity contribution in [2.24, 2.45) is 11.5 Å². The van der Waals surface area contributed by atoms with E-state index in [0.29, 0.717) is 10.3 Å². The summed E-state index contributed by atoms with van der Waals surface area (Å²) in [5.74, 6) is -1.72. The SMILES string of the molecule is CC(=O)[O-].CC(=O)[O-].CC(=O)[O-].NC(=[NH2+])SCc1ccc(CSC(N)=[NH2+])c2ccccc12.[Cl-].[O-2].[O-2].[U]. The minimum Gasteiger partial charge on any atom is -2.00 e. The monoisotopic (exact) mass is 788 g/mol. The Labute approximate surface area is 247 Å². The van der Waals surface area contributed by atoms with Gasteiger partial charge in [-0.05, 0) is 66.2 Å². The second-order valence-electron chi connectivity index (χ2n) is 5.79. The van der Waals surface area contributed by atoms with Gasteiger partial charge in [0.1, 0.15) is 0 Å². The predicted octanol–water partition coefficient (Wildman–Crippen LogP) is -7.51. The maximum absolute atomic E-state index is 8.89. The van der Waals surface area contributed by atoms with Crippen molar-refractivity contribution in [1.29, 1.82) is 0 Å². The molecule has 2 aromatic carbocycles. The van der Waals surface area contributed by atoms with Gasteiger partial charge in [-0.2, -0.15) is 0 Å². The number of nitrogens with two attached hydrogens (primary N) is 4. The number of benzene rings is 2. The van der Waals surface area contributed by atoms with Crippen LogP contribution in [0, 0.1) is 31.1 Å². The summed E-state index contributed by atoms with van der Waals surface area (Å²) in [5, 5.41) is 40.9. The van der Waals surface area contributed by atoms with Crippen LogP contribution in [0.25, 0.3) is 10.8 Å². The summed E-state index contributed by atoms with van der Waals surface area (Å²) >= 11 is 2.89. The molecule has 0 aliphatic rings. The maximum Gasteiger partial charge on any atom is 0.300 e. The third-order valence-corrected chi connectivity index (χ3v) is 4.47. The zero-order valence-electron chi connectivity index (χ0n) is 19.6. The van der Waals surface area contributed by atoms with Crippen molar-refractivity contribution in [2.75, 3.05) is 0 Å². The summed E-state index contributed by atoms with van der Waals surface area (Å²) in [6.07, 6.45) is 0. The van der Waals surface area contributed by atoms with Crippen LogP contribution in [-0.2, 0) is 36.8 Å². The molecular weight excluding hydrogens is 762 g/mol. The van der Waals surface area contributed by atoms with Crippen molar-refractivity contribution in [3.63, 3.8) is 0 Å². The number of hydrogen-bond donors (Lipinski definition) is 4. The van der Waals surface area contributed by atoms with E-state index in [4.69, 9.17) is 52.0 Å². The van der Waals surface area contributed by atoms with E-state index in [1.807, 2.05) is 12.1 Å². The summed E-state index contributed by atoms with van der Waals surface area (Å²) in [5.41, 5.74) is 13.5. The van der Waals surface area contributed by atoms with Gasteiger partial charge in [0.05, 0.1) is 0 Å². The zero-order valence-corrected chi connectivity index (χ0v) is 26.2. The molecule has 0 aromatic heterocycles. The first-order valence-electron chi connectivity index (χ1n) is 8.81. The number of aliphatic carboxylic acids is 3. The number of carboxylic acids is 3. The molecule has 0 saturated heterocycles. The second kappa shape index (κ2) is 27.6. The van der Waals surface area contributed by atoms with Crippen LogP contribution >= 0.6 is 23.5 Å². The molecule has 0 radical (unpaired) electrons. The van der Waals surface area contributed by atoms with E-state index in [1.54, 1.807) is 0 Å². The topological polar surface area (TPSA) is 281 Å². The van der Waals surface area contributed by atoms with Crippen molar-refractivity contribution in [3.8, 4) is 0 Å². The summed E-state index contributed by atoms with van der Waals surface area (Å²) < 4.78 is 0. The van der Waals surface area contributed by atoms with Crippen molar-refractivity contribution in [3.05, 3.63) is 47.5 Å². The van der Waals surface area contributed by atoms with E-state index in [9.17, 15) is 0 Å². The Balaban J connectivity index is -0.000000120. The van der Waals surface area contributed by atoms with Crippen molar-refractivity contribution < 1.29 is 95.0 Å². The fraction of sp³-hybridized carbons (Fsp3) is 0.250. The van der Waals surface area contributed by atoms with E-state index < -0.39 is 17.9 Å². The molecule has 0 unspecified atom stereocenters. The predicted molar refractivity (Wildman–Crippen MR) is 122 cm³/mol. The normalized spacial score (nSPS) is 7.97. The Hall–Kier alpha value is -1.99. The number of amidine groups is 2. The molecule has 0 atom stereocenters. The molecule has 0 heterocycles. The van der Waals surface area contributed by atoms with E-state index in [0.717, 1.165) is 32.3 Å². The number of carboxylic acid groups (broad SMARTS) is 3. The molecule has 204 valence electrons. The first-order valence-corrected chi connectivity index (χ1v) is 10.8. The van der Waals surface area contributed by atoms with E-state index in [1.165, 1.54) is 45.4 Å². The molecule has 16 heteroatoms. The molecule has 36 heavy (non-hydrogen) atoms. The van der Waals surface area contributed by atoms with Crippen LogP contribution in [0.1, 0.15) is 31.9 Å². The van der Waals surface area contributed by atoms with Crippen molar-refractivity contribution in [1.82, 2.24) is 0 Å². The minimum atomic E-state index is -1.08. The molecule has 8 N–H and O–H groups in total.